The van der Waals surface area contributed by atoms with Crippen LogP contribution in [0.4, 0.5) is 10.2 Å². The van der Waals surface area contributed by atoms with Crippen molar-refractivity contribution in [1.82, 2.24) is 19.5 Å². The van der Waals surface area contributed by atoms with Gasteiger partial charge in [0.25, 0.3) is 0 Å². The van der Waals surface area contributed by atoms with Gasteiger partial charge in [-0.05, 0) is 0 Å². The van der Waals surface area contributed by atoms with Crippen molar-refractivity contribution in [1.29, 1.82) is 0 Å². The van der Waals surface area contributed by atoms with Crippen LogP contribution in [0.1, 0.15) is 27.0 Å². The molecule has 16 heteroatoms. The Kier molecular flexibility index (Phi) is 5.73. The molecule has 3 rings (SSSR count). The van der Waals surface area contributed by atoms with E-state index in [9.17, 15) is 34.1 Å². The van der Waals surface area contributed by atoms with Crippen LogP contribution in [0.2, 0.25) is 0 Å². The van der Waals surface area contributed by atoms with Gasteiger partial charge in [-0.25, -0.2) is 4.98 Å². The van der Waals surface area contributed by atoms with Crippen LogP contribution in [0.3, 0.4) is 0 Å². The van der Waals surface area contributed by atoms with Crippen LogP contribution in [-0.4, -0.2) is 76.7 Å². The largest absolute Gasteiger partial charge is 0.433 e. The number of nitrogen functional groups attached to an aromatic ring is 1. The SMILES string of the molecule is CC(=O)OC(O)C1OC(n2cnc3c(N)nc(F)nc32)C(O)(OC(C)=O)C1(O)OC(C)=O. The molecule has 2 aromatic rings. The van der Waals surface area contributed by atoms with Gasteiger partial charge in [-0.3, -0.25) is 19.0 Å². The number of aliphatic hydroxyl groups excluding tert-OH is 1. The van der Waals surface area contributed by atoms with Crippen LogP contribution >= 0.6 is 0 Å². The van der Waals surface area contributed by atoms with Gasteiger partial charge in [-0.2, -0.15) is 14.4 Å². The third-order valence-corrected chi connectivity index (χ3v) is 4.33. The monoisotopic (exact) mass is 459 g/mol. The molecule has 15 nitrogen and oxygen atoms in total. The second kappa shape index (κ2) is 7.90. The number of aromatic nitrogens is 4. The lowest BCUT2D eigenvalue weighted by molar-refractivity contribution is -0.366. The molecule has 1 fully saturated rings. The summed E-state index contributed by atoms with van der Waals surface area (Å²) in [6.45, 7) is 2.57. The van der Waals surface area contributed by atoms with Gasteiger partial charge in [0.15, 0.2) is 23.1 Å². The van der Waals surface area contributed by atoms with Crippen LogP contribution < -0.4 is 5.73 Å². The lowest BCUT2D eigenvalue weighted by atomic mass is 10.0. The summed E-state index contributed by atoms with van der Waals surface area (Å²) >= 11 is 0. The Bertz CT molecular complexity index is 1090. The summed E-state index contributed by atoms with van der Waals surface area (Å²) in [5.74, 6) is -10.5. The van der Waals surface area contributed by atoms with Crippen molar-refractivity contribution in [2.24, 2.45) is 0 Å². The van der Waals surface area contributed by atoms with Gasteiger partial charge in [-0.15, -0.1) is 0 Å². The molecular weight excluding hydrogens is 441 g/mol. The van der Waals surface area contributed by atoms with Crippen LogP contribution in [0, 0.1) is 6.08 Å². The molecule has 32 heavy (non-hydrogen) atoms. The highest BCUT2D eigenvalue weighted by Crippen LogP contribution is 2.49. The minimum absolute atomic E-state index is 0.166. The van der Waals surface area contributed by atoms with Gasteiger partial charge in [0, 0.05) is 20.8 Å². The smallest absolute Gasteiger partial charge is 0.326 e. The fourth-order valence-corrected chi connectivity index (χ4v) is 3.23. The van der Waals surface area contributed by atoms with E-state index in [0.717, 1.165) is 31.7 Å². The Labute approximate surface area is 177 Å². The maximum atomic E-state index is 13.8. The van der Waals surface area contributed by atoms with Crippen molar-refractivity contribution >= 4 is 34.9 Å². The highest BCUT2D eigenvalue weighted by atomic mass is 19.1. The number of hydrogen-bond acceptors (Lipinski definition) is 14. The molecule has 1 saturated heterocycles. The number of esters is 3. The molecule has 1 aliphatic heterocycles. The first-order valence-electron chi connectivity index (χ1n) is 8.80. The number of hydrogen-bond donors (Lipinski definition) is 4. The second-order valence-electron chi connectivity index (χ2n) is 6.69. The number of ether oxygens (including phenoxy) is 4. The summed E-state index contributed by atoms with van der Waals surface area (Å²) in [4.78, 5) is 45.3. The van der Waals surface area contributed by atoms with Gasteiger partial charge >= 0.3 is 35.6 Å². The molecule has 5 unspecified atom stereocenters. The number of fused-ring (bicyclic) bond motifs is 1. The number of carbonyl (C=O) groups excluding carboxylic acids is 3. The molecule has 0 amide bonds. The number of imidazole rings is 1. The molecule has 3 heterocycles. The van der Waals surface area contributed by atoms with Crippen LogP contribution in [0.25, 0.3) is 11.2 Å². The Morgan fingerprint density at radius 2 is 1.75 bits per heavy atom. The van der Waals surface area contributed by atoms with Crippen molar-refractivity contribution in [2.75, 3.05) is 5.73 Å². The highest BCUT2D eigenvalue weighted by molar-refractivity contribution is 5.81. The standard InChI is InChI=1S/C16H18FN5O10/c1-5(23)29-12(26)9-15(27,31-6(2)24)16(28,32-7(3)25)13(30-9)22-4-19-8-10(18)20-14(17)21-11(8)22/h4,9,12-13,26-28H,1-3H3,(H2,18,20,21). The first-order chi connectivity index (χ1) is 14.8. The maximum Gasteiger partial charge on any atom is 0.326 e. The van der Waals surface area contributed by atoms with E-state index in [-0.39, 0.29) is 5.52 Å². The predicted octanol–water partition coefficient (Wildman–Crippen LogP) is -2.17. The summed E-state index contributed by atoms with van der Waals surface area (Å²) in [5.41, 5.74) is 5.04. The van der Waals surface area contributed by atoms with Crippen LogP contribution in [0.5, 0.6) is 0 Å². The fraction of sp³-hybridized carbons (Fsp3) is 0.500. The zero-order valence-corrected chi connectivity index (χ0v) is 16.8. The van der Waals surface area contributed by atoms with Gasteiger partial charge in [0.2, 0.25) is 12.5 Å². The Morgan fingerprint density at radius 3 is 2.31 bits per heavy atom. The summed E-state index contributed by atoms with van der Waals surface area (Å²) < 4.78 is 34.1. The third-order valence-electron chi connectivity index (χ3n) is 4.33. The molecule has 0 aliphatic carbocycles. The van der Waals surface area contributed by atoms with Crippen LogP contribution in [0.15, 0.2) is 6.33 Å². The molecule has 5 N–H and O–H groups in total. The van der Waals surface area contributed by atoms with Gasteiger partial charge in [-0.1, -0.05) is 0 Å². The van der Waals surface area contributed by atoms with E-state index >= 15 is 0 Å². The van der Waals surface area contributed by atoms with Gasteiger partial charge in [0.1, 0.15) is 0 Å². The normalized spacial score (nSPS) is 28.3. The van der Waals surface area contributed by atoms with Crippen molar-refractivity contribution in [3.63, 3.8) is 0 Å². The molecule has 2 aromatic heterocycles. The lowest BCUT2D eigenvalue weighted by Crippen LogP contribution is -2.64. The highest BCUT2D eigenvalue weighted by Gasteiger charge is 2.75. The minimum atomic E-state index is -3.34. The van der Waals surface area contributed by atoms with E-state index < -0.39 is 65.6 Å². The van der Waals surface area contributed by atoms with E-state index in [0.29, 0.717) is 0 Å². The second-order valence-corrected chi connectivity index (χ2v) is 6.69. The van der Waals surface area contributed by atoms with Crippen molar-refractivity contribution in [3.05, 3.63) is 12.4 Å². The fourth-order valence-electron chi connectivity index (χ4n) is 3.23. The Morgan fingerprint density at radius 1 is 1.16 bits per heavy atom. The lowest BCUT2D eigenvalue weighted by Gasteiger charge is -2.38. The van der Waals surface area contributed by atoms with E-state index in [4.69, 9.17) is 19.9 Å². The van der Waals surface area contributed by atoms with Crippen molar-refractivity contribution < 1.29 is 53.0 Å². The summed E-state index contributed by atoms with van der Waals surface area (Å²) in [5, 5.41) is 32.6. The Balaban J connectivity index is 2.24. The zero-order valence-electron chi connectivity index (χ0n) is 16.8. The molecule has 174 valence electrons. The average molecular weight is 459 g/mol. The number of nitrogens with zero attached hydrogens (tertiary/aromatic N) is 4. The number of carbonyl (C=O) groups is 3. The molecule has 0 spiro atoms. The molecule has 0 radical (unpaired) electrons. The number of nitrogens with two attached hydrogens (primary N) is 1. The summed E-state index contributed by atoms with van der Waals surface area (Å²) in [6.07, 6.45) is -7.04. The van der Waals surface area contributed by atoms with Crippen molar-refractivity contribution in [2.45, 2.75) is 51.0 Å². The van der Waals surface area contributed by atoms with E-state index in [1.54, 1.807) is 0 Å². The van der Waals surface area contributed by atoms with E-state index in [1.807, 2.05) is 0 Å². The quantitative estimate of drug-likeness (QED) is 0.162. The molecule has 0 aromatic carbocycles. The van der Waals surface area contributed by atoms with Gasteiger partial charge in [0.05, 0.1) is 6.33 Å². The molecule has 0 bridgehead atoms. The van der Waals surface area contributed by atoms with Crippen molar-refractivity contribution in [3.8, 4) is 0 Å². The number of anilines is 1. The molecule has 5 atom stereocenters. The number of aliphatic hydroxyl groups is 3. The summed E-state index contributed by atoms with van der Waals surface area (Å²) in [6, 6.07) is 0. The molecular formula is C16H18FN5O10. The summed E-state index contributed by atoms with van der Waals surface area (Å²) in [7, 11) is 0. The first-order valence-corrected chi connectivity index (χ1v) is 8.80. The van der Waals surface area contributed by atoms with E-state index in [2.05, 4.69) is 19.7 Å². The molecule has 1 aliphatic rings. The molecule has 0 saturated carbocycles. The number of halogens is 1. The number of rotatable bonds is 5. The maximum absolute atomic E-state index is 13.8. The Hall–Kier alpha value is -3.47. The third kappa shape index (κ3) is 3.68. The first kappa shape index (κ1) is 23.2. The van der Waals surface area contributed by atoms with Gasteiger partial charge < -0.3 is 40.0 Å². The average Bonchev–Trinajstić information content (AvgIpc) is 3.11. The predicted molar refractivity (Wildman–Crippen MR) is 94.8 cm³/mol. The minimum Gasteiger partial charge on any atom is -0.433 e. The van der Waals surface area contributed by atoms with Crippen LogP contribution in [-0.2, 0) is 33.3 Å². The zero-order chi connectivity index (χ0) is 24.0. The van der Waals surface area contributed by atoms with E-state index in [1.165, 1.54) is 0 Å². The topological polar surface area (TPSA) is 218 Å².